The maximum atomic E-state index is 2.27. The zero-order valence-electron chi connectivity index (χ0n) is 12.1. The Hall–Kier alpha value is -0.260. The fourth-order valence-corrected chi connectivity index (χ4v) is 0.760. The highest BCUT2D eigenvalue weighted by molar-refractivity contribution is 4.85. The smallest absolute Gasteiger partial charge is 0.0351 e. The summed E-state index contributed by atoms with van der Waals surface area (Å²) in [5.41, 5.74) is 0.500. The van der Waals surface area contributed by atoms with Crippen LogP contribution in [0.4, 0.5) is 0 Å². The fraction of sp³-hybridized carbons (Fsp3) is 0.867. The summed E-state index contributed by atoms with van der Waals surface area (Å²) in [6.45, 7) is 15.2. The number of rotatable bonds is 0. The number of hydrogen-bond acceptors (Lipinski definition) is 0. The molecule has 0 bridgehead atoms. The van der Waals surface area contributed by atoms with Gasteiger partial charge >= 0.3 is 0 Å². The minimum atomic E-state index is 0.500. The van der Waals surface area contributed by atoms with Gasteiger partial charge in [-0.15, -0.1) is 0 Å². The molecule has 0 heterocycles. The third-order valence-electron chi connectivity index (χ3n) is 1.16. The van der Waals surface area contributed by atoms with Gasteiger partial charge in [-0.05, 0) is 37.0 Å². The minimum Gasteiger partial charge on any atom is -0.0885 e. The highest BCUT2D eigenvalue weighted by Gasteiger charge is 1.95. The van der Waals surface area contributed by atoms with Crippen molar-refractivity contribution >= 4 is 0 Å². The second-order valence-corrected chi connectivity index (χ2v) is 6.49. The van der Waals surface area contributed by atoms with Crippen LogP contribution in [0, 0.1) is 11.3 Å². The van der Waals surface area contributed by atoms with Crippen molar-refractivity contribution in [2.75, 3.05) is 0 Å². The van der Waals surface area contributed by atoms with Crippen LogP contribution in [-0.4, -0.2) is 0 Å². The van der Waals surface area contributed by atoms with Crippen molar-refractivity contribution in [3.8, 4) is 0 Å². The average Bonchev–Trinajstić information content (AvgIpc) is 2.03. The Kier molecular flexibility index (Phi) is 11.7. The summed E-state index contributed by atoms with van der Waals surface area (Å²) in [6.07, 6.45) is 10.0. The zero-order chi connectivity index (χ0) is 12.3. The van der Waals surface area contributed by atoms with Crippen LogP contribution in [0.3, 0.4) is 0 Å². The molecule has 0 amide bonds. The summed E-state index contributed by atoms with van der Waals surface area (Å²) in [5.74, 6) is 0.833. The van der Waals surface area contributed by atoms with Gasteiger partial charge in [0.05, 0.1) is 0 Å². The molecule has 0 atom stereocenters. The van der Waals surface area contributed by atoms with Gasteiger partial charge in [0, 0.05) is 0 Å². The standard InChI is InChI=1S/C6H10.C5H12.C4H10/c1-2-4-6-5-3-1;1-5(2,3)4;1-4(2)3/h1-2H,3-6H2;1-4H3;4H,1-3H3. The lowest BCUT2D eigenvalue weighted by Crippen LogP contribution is -1.93. The highest BCUT2D eigenvalue weighted by Crippen LogP contribution is 2.08. The number of allylic oxidation sites excluding steroid dienone is 2. The highest BCUT2D eigenvalue weighted by atomic mass is 14.0. The fourth-order valence-electron chi connectivity index (χ4n) is 0.760. The maximum absolute atomic E-state index is 2.27. The number of hydrogen-bond donors (Lipinski definition) is 0. The molecule has 1 aliphatic carbocycles. The van der Waals surface area contributed by atoms with Crippen molar-refractivity contribution in [3.63, 3.8) is 0 Å². The van der Waals surface area contributed by atoms with Crippen molar-refractivity contribution in [2.24, 2.45) is 11.3 Å². The van der Waals surface area contributed by atoms with Crippen LogP contribution in [-0.2, 0) is 0 Å². The van der Waals surface area contributed by atoms with Gasteiger partial charge < -0.3 is 0 Å². The molecule has 0 aromatic heterocycles. The topological polar surface area (TPSA) is 0 Å². The van der Waals surface area contributed by atoms with Crippen LogP contribution in [0.25, 0.3) is 0 Å². The van der Waals surface area contributed by atoms with Crippen LogP contribution in [0.1, 0.15) is 74.1 Å². The predicted molar refractivity (Wildman–Crippen MR) is 73.2 cm³/mol. The molecule has 0 aliphatic heterocycles. The van der Waals surface area contributed by atoms with Gasteiger partial charge in [-0.25, -0.2) is 0 Å². The SMILES string of the molecule is C1=CCCCC1.CC(C)(C)C.CC(C)C. The monoisotopic (exact) mass is 212 g/mol. The molecule has 0 N–H and O–H groups in total. The lowest BCUT2D eigenvalue weighted by molar-refractivity contribution is 0.469. The summed E-state index contributed by atoms with van der Waals surface area (Å²) in [7, 11) is 0. The van der Waals surface area contributed by atoms with Crippen molar-refractivity contribution in [1.82, 2.24) is 0 Å². The van der Waals surface area contributed by atoms with Crippen LogP contribution < -0.4 is 0 Å². The Morgan fingerprint density at radius 3 is 1.07 bits per heavy atom. The largest absolute Gasteiger partial charge is 0.0885 e. The molecule has 0 saturated heterocycles. The Bertz CT molecular complexity index is 118. The molecule has 0 unspecified atom stereocenters. The molecule has 0 aromatic rings. The molecular weight excluding hydrogens is 180 g/mol. The summed E-state index contributed by atoms with van der Waals surface area (Å²) in [5, 5.41) is 0. The van der Waals surface area contributed by atoms with Crippen LogP contribution in [0.15, 0.2) is 12.2 Å². The molecule has 0 aromatic carbocycles. The molecule has 1 aliphatic rings. The molecule has 1 rings (SSSR count). The first kappa shape index (κ1) is 17.1. The van der Waals surface area contributed by atoms with Gasteiger partial charge in [0.1, 0.15) is 0 Å². The summed E-state index contributed by atoms with van der Waals surface area (Å²) < 4.78 is 0. The average molecular weight is 212 g/mol. The second kappa shape index (κ2) is 10.3. The van der Waals surface area contributed by atoms with E-state index in [9.17, 15) is 0 Å². The quantitative estimate of drug-likeness (QED) is 0.443. The van der Waals surface area contributed by atoms with Crippen LogP contribution in [0.5, 0.6) is 0 Å². The van der Waals surface area contributed by atoms with E-state index in [4.69, 9.17) is 0 Å². The van der Waals surface area contributed by atoms with E-state index in [0.717, 1.165) is 5.92 Å². The van der Waals surface area contributed by atoms with Crippen molar-refractivity contribution in [1.29, 1.82) is 0 Å². The molecule has 0 spiro atoms. The van der Waals surface area contributed by atoms with Gasteiger partial charge in [0.25, 0.3) is 0 Å². The Labute approximate surface area is 98.2 Å². The summed E-state index contributed by atoms with van der Waals surface area (Å²) in [6, 6.07) is 0. The van der Waals surface area contributed by atoms with Crippen molar-refractivity contribution in [3.05, 3.63) is 12.2 Å². The minimum absolute atomic E-state index is 0.500. The zero-order valence-corrected chi connectivity index (χ0v) is 12.1. The normalized spacial score (nSPS) is 14.9. The van der Waals surface area contributed by atoms with Gasteiger partial charge in [-0.1, -0.05) is 60.6 Å². The maximum Gasteiger partial charge on any atom is -0.0351 e. The molecular formula is C15H32. The van der Waals surface area contributed by atoms with Crippen LogP contribution in [0.2, 0.25) is 0 Å². The Balaban J connectivity index is 0. The predicted octanol–water partition coefficient (Wildman–Crippen LogP) is 5.83. The second-order valence-electron chi connectivity index (χ2n) is 6.49. The third kappa shape index (κ3) is 57.5. The molecule has 0 nitrogen and oxygen atoms in total. The van der Waals surface area contributed by atoms with E-state index in [2.05, 4.69) is 60.6 Å². The van der Waals surface area contributed by atoms with E-state index in [1.165, 1.54) is 25.7 Å². The lowest BCUT2D eigenvalue weighted by Gasteiger charge is -2.05. The van der Waals surface area contributed by atoms with E-state index in [1.54, 1.807) is 0 Å². The van der Waals surface area contributed by atoms with Gasteiger partial charge in [0.15, 0.2) is 0 Å². The first-order chi connectivity index (χ1) is 6.73. The van der Waals surface area contributed by atoms with E-state index < -0.39 is 0 Å². The molecule has 0 heteroatoms. The van der Waals surface area contributed by atoms with Crippen molar-refractivity contribution in [2.45, 2.75) is 74.1 Å². The lowest BCUT2D eigenvalue weighted by atomic mass is 10.0. The molecule has 0 fully saturated rings. The third-order valence-corrected chi connectivity index (χ3v) is 1.16. The summed E-state index contributed by atoms with van der Waals surface area (Å²) >= 11 is 0. The molecule has 0 saturated carbocycles. The van der Waals surface area contributed by atoms with Crippen LogP contribution >= 0.6 is 0 Å². The van der Waals surface area contributed by atoms with Gasteiger partial charge in [0.2, 0.25) is 0 Å². The van der Waals surface area contributed by atoms with Gasteiger partial charge in [-0.3, -0.25) is 0 Å². The molecule has 92 valence electrons. The summed E-state index contributed by atoms with van der Waals surface area (Å²) in [4.78, 5) is 0. The van der Waals surface area contributed by atoms with E-state index in [1.807, 2.05) is 0 Å². The van der Waals surface area contributed by atoms with E-state index in [-0.39, 0.29) is 0 Å². The molecule has 15 heavy (non-hydrogen) atoms. The Morgan fingerprint density at radius 1 is 0.800 bits per heavy atom. The molecule has 0 radical (unpaired) electrons. The first-order valence-corrected chi connectivity index (χ1v) is 6.38. The van der Waals surface area contributed by atoms with Gasteiger partial charge in [-0.2, -0.15) is 0 Å². The van der Waals surface area contributed by atoms with Crippen molar-refractivity contribution < 1.29 is 0 Å². The van der Waals surface area contributed by atoms with E-state index >= 15 is 0 Å². The Morgan fingerprint density at radius 2 is 1.00 bits per heavy atom. The first-order valence-electron chi connectivity index (χ1n) is 6.38. The van der Waals surface area contributed by atoms with E-state index in [0.29, 0.717) is 5.41 Å².